The molecule has 0 amide bonds. The fraction of sp³-hybridized carbons (Fsp3) is 0.316. The van der Waals surface area contributed by atoms with E-state index in [1.54, 1.807) is 0 Å². The van der Waals surface area contributed by atoms with Crippen LogP contribution >= 0.6 is 0 Å². The second kappa shape index (κ2) is 7.36. The van der Waals surface area contributed by atoms with E-state index >= 15 is 0 Å². The minimum atomic E-state index is -3.20. The van der Waals surface area contributed by atoms with Gasteiger partial charge in [-0.15, -0.1) is 0 Å². The Bertz CT molecular complexity index is 886. The molecule has 0 radical (unpaired) electrons. The number of nitrogens with zero attached hydrogens (tertiary/aromatic N) is 2. The van der Waals surface area contributed by atoms with Gasteiger partial charge in [-0.1, -0.05) is 42.5 Å². The van der Waals surface area contributed by atoms with Gasteiger partial charge in [0.1, 0.15) is 0 Å². The van der Waals surface area contributed by atoms with Gasteiger partial charge in [-0.05, 0) is 42.8 Å². The first-order valence-electron chi connectivity index (χ1n) is 8.26. The van der Waals surface area contributed by atoms with E-state index in [1.165, 1.54) is 7.05 Å². The average Bonchev–Trinajstić information content (AvgIpc) is 3.12. The van der Waals surface area contributed by atoms with Crippen LogP contribution in [0.15, 0.2) is 48.5 Å². The van der Waals surface area contributed by atoms with Crippen LogP contribution in [0, 0.1) is 11.3 Å². The Labute approximate surface area is 149 Å². The van der Waals surface area contributed by atoms with E-state index in [4.69, 9.17) is 0 Å². The van der Waals surface area contributed by atoms with Gasteiger partial charge in [0.25, 0.3) is 0 Å². The first kappa shape index (κ1) is 17.6. The van der Waals surface area contributed by atoms with Gasteiger partial charge in [0, 0.05) is 13.1 Å². The molecule has 1 unspecified atom stereocenters. The lowest BCUT2D eigenvalue weighted by Crippen LogP contribution is -2.34. The smallest absolute Gasteiger partial charge is 0.215 e. The van der Waals surface area contributed by atoms with Crippen molar-refractivity contribution >= 4 is 10.0 Å². The molecule has 6 heteroatoms. The fourth-order valence-corrected chi connectivity index (χ4v) is 4.40. The summed E-state index contributed by atoms with van der Waals surface area (Å²) in [5, 5.41) is 8.89. The monoisotopic (exact) mass is 355 g/mol. The van der Waals surface area contributed by atoms with Gasteiger partial charge in [-0.2, -0.15) is 5.26 Å². The molecule has 25 heavy (non-hydrogen) atoms. The predicted molar refractivity (Wildman–Crippen MR) is 98.3 cm³/mol. The summed E-state index contributed by atoms with van der Waals surface area (Å²) in [6, 6.07) is 17.9. The number of hydrogen-bond acceptors (Lipinski definition) is 4. The molecular weight excluding hydrogens is 334 g/mol. The van der Waals surface area contributed by atoms with E-state index in [-0.39, 0.29) is 5.25 Å². The second-order valence-corrected chi connectivity index (χ2v) is 8.41. The summed E-state index contributed by atoms with van der Waals surface area (Å²) in [6.45, 7) is 2.07. The van der Waals surface area contributed by atoms with Crippen molar-refractivity contribution in [1.29, 1.82) is 5.26 Å². The predicted octanol–water partition coefficient (Wildman–Crippen LogP) is 2.35. The molecule has 3 rings (SSSR count). The second-order valence-electron chi connectivity index (χ2n) is 6.25. The molecule has 2 aromatic rings. The minimum absolute atomic E-state index is 0.334. The van der Waals surface area contributed by atoms with Crippen LogP contribution < -0.4 is 4.72 Å². The summed E-state index contributed by atoms with van der Waals surface area (Å²) in [7, 11) is -1.73. The molecule has 2 aromatic carbocycles. The highest BCUT2D eigenvalue weighted by molar-refractivity contribution is 7.90. The lowest BCUT2D eigenvalue weighted by Gasteiger charge is -2.16. The van der Waals surface area contributed by atoms with Crippen LogP contribution in [0.2, 0.25) is 0 Å². The van der Waals surface area contributed by atoms with E-state index in [0.29, 0.717) is 18.5 Å². The van der Waals surface area contributed by atoms with Crippen LogP contribution in [0.4, 0.5) is 0 Å². The van der Waals surface area contributed by atoms with Crippen molar-refractivity contribution in [2.75, 3.05) is 20.1 Å². The van der Waals surface area contributed by atoms with Gasteiger partial charge in [0.2, 0.25) is 10.0 Å². The SMILES string of the molecule is CNS(=O)(=O)C1CCN(Cc2ccc(-c3ccccc3C#N)cc2)C1. The van der Waals surface area contributed by atoms with E-state index in [0.717, 1.165) is 29.8 Å². The Morgan fingerprint density at radius 1 is 1.20 bits per heavy atom. The maximum Gasteiger partial charge on any atom is 0.215 e. The summed E-state index contributed by atoms with van der Waals surface area (Å²) in [4.78, 5) is 2.16. The number of nitriles is 1. The fourth-order valence-electron chi connectivity index (χ4n) is 3.24. The van der Waals surface area contributed by atoms with Gasteiger partial charge in [-0.3, -0.25) is 4.90 Å². The molecule has 1 N–H and O–H groups in total. The zero-order chi connectivity index (χ0) is 17.9. The molecule has 0 aromatic heterocycles. The van der Waals surface area contributed by atoms with Crippen molar-refractivity contribution in [3.8, 4) is 17.2 Å². The van der Waals surface area contributed by atoms with Gasteiger partial charge >= 0.3 is 0 Å². The highest BCUT2D eigenvalue weighted by Crippen LogP contribution is 2.24. The van der Waals surface area contributed by atoms with Crippen LogP contribution in [0.1, 0.15) is 17.5 Å². The maximum absolute atomic E-state index is 11.9. The van der Waals surface area contributed by atoms with Crippen molar-refractivity contribution in [2.45, 2.75) is 18.2 Å². The quantitative estimate of drug-likeness (QED) is 0.893. The van der Waals surface area contributed by atoms with Crippen LogP contribution in [-0.4, -0.2) is 38.7 Å². The van der Waals surface area contributed by atoms with Gasteiger partial charge in [-0.25, -0.2) is 13.1 Å². The van der Waals surface area contributed by atoms with Crippen molar-refractivity contribution in [3.05, 3.63) is 59.7 Å². The molecule has 0 aliphatic carbocycles. The molecule has 1 heterocycles. The lowest BCUT2D eigenvalue weighted by molar-refractivity contribution is 0.331. The Balaban J connectivity index is 1.69. The topological polar surface area (TPSA) is 73.2 Å². The summed E-state index contributed by atoms with van der Waals surface area (Å²) in [5.74, 6) is 0. The molecular formula is C19H21N3O2S. The highest BCUT2D eigenvalue weighted by Gasteiger charge is 2.31. The molecule has 130 valence electrons. The molecule has 0 bridgehead atoms. The first-order valence-corrected chi connectivity index (χ1v) is 9.81. The maximum atomic E-state index is 11.9. The summed E-state index contributed by atoms with van der Waals surface area (Å²) >= 11 is 0. The average molecular weight is 355 g/mol. The minimum Gasteiger partial charge on any atom is -0.298 e. The van der Waals surface area contributed by atoms with Gasteiger partial charge < -0.3 is 0 Å². The third kappa shape index (κ3) is 3.90. The largest absolute Gasteiger partial charge is 0.298 e. The van der Waals surface area contributed by atoms with Crippen LogP contribution in [0.5, 0.6) is 0 Å². The molecule has 1 fully saturated rings. The van der Waals surface area contributed by atoms with Crippen molar-refractivity contribution in [3.63, 3.8) is 0 Å². The highest BCUT2D eigenvalue weighted by atomic mass is 32.2. The van der Waals surface area contributed by atoms with Gasteiger partial charge in [0.15, 0.2) is 0 Å². The van der Waals surface area contributed by atoms with Crippen molar-refractivity contribution < 1.29 is 8.42 Å². The number of rotatable bonds is 5. The standard InChI is InChI=1S/C19H21N3O2S/c1-21-25(23,24)18-10-11-22(14-18)13-15-6-8-16(9-7-15)19-5-3-2-4-17(19)12-20/h2-9,18,21H,10-11,13-14H2,1H3. The molecule has 0 spiro atoms. The molecule has 0 saturated carbocycles. The molecule has 1 aliphatic rings. The summed E-state index contributed by atoms with van der Waals surface area (Å²) < 4.78 is 26.2. The molecule has 5 nitrogen and oxygen atoms in total. The number of likely N-dealkylation sites (tertiary alicyclic amines) is 1. The van der Waals surface area contributed by atoms with Crippen LogP contribution in [0.25, 0.3) is 11.1 Å². The Morgan fingerprint density at radius 2 is 1.92 bits per heavy atom. The van der Waals surface area contributed by atoms with Crippen LogP contribution in [0.3, 0.4) is 0 Å². The molecule has 1 aliphatic heterocycles. The van der Waals surface area contributed by atoms with E-state index in [1.807, 2.05) is 48.5 Å². The Hall–Kier alpha value is -2.20. The zero-order valence-corrected chi connectivity index (χ0v) is 15.0. The lowest BCUT2D eigenvalue weighted by atomic mass is 9.99. The Morgan fingerprint density at radius 3 is 2.60 bits per heavy atom. The normalized spacial score (nSPS) is 18.2. The van der Waals surface area contributed by atoms with Gasteiger partial charge in [0.05, 0.1) is 16.9 Å². The molecule has 1 saturated heterocycles. The Kier molecular flexibility index (Phi) is 5.19. The number of sulfonamides is 1. The number of benzene rings is 2. The van der Waals surface area contributed by atoms with E-state index in [9.17, 15) is 13.7 Å². The van der Waals surface area contributed by atoms with E-state index < -0.39 is 10.0 Å². The third-order valence-corrected chi connectivity index (χ3v) is 6.50. The van der Waals surface area contributed by atoms with Crippen molar-refractivity contribution in [2.24, 2.45) is 0 Å². The summed E-state index contributed by atoms with van der Waals surface area (Å²) in [5.41, 5.74) is 3.74. The first-order chi connectivity index (χ1) is 12.0. The zero-order valence-electron chi connectivity index (χ0n) is 14.1. The number of hydrogen-bond donors (Lipinski definition) is 1. The van der Waals surface area contributed by atoms with Crippen molar-refractivity contribution in [1.82, 2.24) is 9.62 Å². The molecule has 1 atom stereocenters. The van der Waals surface area contributed by atoms with Crippen LogP contribution in [-0.2, 0) is 16.6 Å². The van der Waals surface area contributed by atoms with E-state index in [2.05, 4.69) is 15.7 Å². The summed E-state index contributed by atoms with van der Waals surface area (Å²) in [6.07, 6.45) is 0.663. The third-order valence-electron chi connectivity index (χ3n) is 4.67. The number of nitrogens with one attached hydrogen (secondary N) is 1.